The minimum atomic E-state index is -4.01. The van der Waals surface area contributed by atoms with Crippen molar-refractivity contribution in [3.8, 4) is 0 Å². The van der Waals surface area contributed by atoms with E-state index in [9.17, 15) is 14.5 Å². The standard InChI is InChI=1S/C15H19O6P/c1-3-19-22(18,20-4-2)15(17,12-8-6-5-7-9-12)13-10-11-14(16)21-13/h5-11,13,17H,3-4H2,1-2H3/t13-,15+/m1/s1. The Balaban J connectivity index is 2.56. The molecule has 7 heteroatoms. The third kappa shape index (κ3) is 2.88. The number of aliphatic hydroxyl groups is 1. The Morgan fingerprint density at radius 2 is 1.82 bits per heavy atom. The fraction of sp³-hybridized carbons (Fsp3) is 0.400. The molecule has 6 nitrogen and oxygen atoms in total. The fourth-order valence-corrected chi connectivity index (χ4v) is 4.39. The van der Waals surface area contributed by atoms with Gasteiger partial charge in [-0.25, -0.2) is 4.79 Å². The summed E-state index contributed by atoms with van der Waals surface area (Å²) in [5, 5.41) is 9.13. The van der Waals surface area contributed by atoms with E-state index >= 15 is 0 Å². The third-order valence-corrected chi connectivity index (χ3v) is 5.81. The lowest BCUT2D eigenvalue weighted by Crippen LogP contribution is -2.40. The second-order valence-corrected chi connectivity index (χ2v) is 6.83. The van der Waals surface area contributed by atoms with Crippen molar-refractivity contribution in [2.75, 3.05) is 13.2 Å². The molecule has 1 heterocycles. The van der Waals surface area contributed by atoms with Gasteiger partial charge in [-0.15, -0.1) is 0 Å². The van der Waals surface area contributed by atoms with Crippen LogP contribution in [0.15, 0.2) is 42.5 Å². The highest BCUT2D eigenvalue weighted by Gasteiger charge is 2.58. The maximum atomic E-state index is 13.2. The third-order valence-electron chi connectivity index (χ3n) is 3.26. The first-order valence-electron chi connectivity index (χ1n) is 7.04. The van der Waals surface area contributed by atoms with Crippen molar-refractivity contribution >= 4 is 13.6 Å². The van der Waals surface area contributed by atoms with Crippen molar-refractivity contribution in [1.82, 2.24) is 0 Å². The molecule has 0 saturated carbocycles. The largest absolute Gasteiger partial charge is 0.451 e. The van der Waals surface area contributed by atoms with Crippen LogP contribution in [0.3, 0.4) is 0 Å². The molecule has 0 fully saturated rings. The van der Waals surface area contributed by atoms with E-state index in [0.29, 0.717) is 5.56 Å². The van der Waals surface area contributed by atoms with Gasteiger partial charge in [-0.3, -0.25) is 4.57 Å². The highest BCUT2D eigenvalue weighted by Crippen LogP contribution is 2.66. The van der Waals surface area contributed by atoms with Crippen LogP contribution < -0.4 is 0 Å². The second kappa shape index (κ2) is 6.75. The predicted octanol–water partition coefficient (Wildman–Crippen LogP) is 2.58. The van der Waals surface area contributed by atoms with Crippen LogP contribution in [0.25, 0.3) is 0 Å². The Kier molecular flexibility index (Phi) is 5.19. The minimum Gasteiger partial charge on any atom is -0.451 e. The van der Waals surface area contributed by atoms with E-state index in [2.05, 4.69) is 0 Å². The smallest absolute Gasteiger partial charge is 0.370 e. The molecule has 22 heavy (non-hydrogen) atoms. The van der Waals surface area contributed by atoms with E-state index in [0.717, 1.165) is 0 Å². The number of ether oxygens (including phenoxy) is 1. The summed E-state index contributed by atoms with van der Waals surface area (Å²) in [6.07, 6.45) is 1.40. The van der Waals surface area contributed by atoms with Crippen molar-refractivity contribution in [1.29, 1.82) is 0 Å². The molecular formula is C15H19O6P. The van der Waals surface area contributed by atoms with E-state index in [-0.39, 0.29) is 13.2 Å². The molecular weight excluding hydrogens is 307 g/mol. The first kappa shape index (κ1) is 16.9. The number of rotatable bonds is 7. The molecule has 1 N–H and O–H groups in total. The highest BCUT2D eigenvalue weighted by molar-refractivity contribution is 7.55. The molecule has 2 atom stereocenters. The Morgan fingerprint density at radius 1 is 1.23 bits per heavy atom. The summed E-state index contributed by atoms with van der Waals surface area (Å²) >= 11 is 0. The highest BCUT2D eigenvalue weighted by atomic mass is 31.2. The van der Waals surface area contributed by atoms with Crippen LogP contribution in [0.2, 0.25) is 0 Å². The first-order valence-corrected chi connectivity index (χ1v) is 8.58. The number of benzene rings is 1. The summed E-state index contributed by atoms with van der Waals surface area (Å²) in [5.41, 5.74) is 0.296. The summed E-state index contributed by atoms with van der Waals surface area (Å²) in [7, 11) is -4.01. The van der Waals surface area contributed by atoms with Crippen molar-refractivity contribution < 1.29 is 28.3 Å². The summed E-state index contributed by atoms with van der Waals surface area (Å²) in [4.78, 5) is 11.4. The summed E-state index contributed by atoms with van der Waals surface area (Å²) in [6, 6.07) is 8.30. The van der Waals surface area contributed by atoms with Crippen molar-refractivity contribution in [2.45, 2.75) is 25.3 Å². The average Bonchev–Trinajstić information content (AvgIpc) is 2.94. The van der Waals surface area contributed by atoms with Crippen molar-refractivity contribution in [3.63, 3.8) is 0 Å². The van der Waals surface area contributed by atoms with Gasteiger partial charge >= 0.3 is 13.6 Å². The lowest BCUT2D eigenvalue weighted by atomic mass is 10.0. The van der Waals surface area contributed by atoms with Gasteiger partial charge in [0, 0.05) is 6.08 Å². The molecule has 0 unspecified atom stereocenters. The average molecular weight is 326 g/mol. The van der Waals surface area contributed by atoms with Gasteiger partial charge < -0.3 is 18.9 Å². The van der Waals surface area contributed by atoms with Crippen LogP contribution in [0.1, 0.15) is 19.4 Å². The van der Waals surface area contributed by atoms with Crippen molar-refractivity contribution in [2.24, 2.45) is 0 Å². The van der Waals surface area contributed by atoms with Crippen LogP contribution in [-0.2, 0) is 28.5 Å². The molecule has 0 aromatic heterocycles. The lowest BCUT2D eigenvalue weighted by molar-refractivity contribution is -0.146. The van der Waals surface area contributed by atoms with Crippen LogP contribution in [0.5, 0.6) is 0 Å². The number of hydrogen-bond donors (Lipinski definition) is 1. The van der Waals surface area contributed by atoms with E-state index in [1.807, 2.05) is 0 Å². The molecule has 1 aliphatic rings. The zero-order valence-corrected chi connectivity index (χ0v) is 13.4. The quantitative estimate of drug-likeness (QED) is 0.612. The van der Waals surface area contributed by atoms with E-state index in [1.54, 1.807) is 44.2 Å². The molecule has 1 aliphatic heterocycles. The van der Waals surface area contributed by atoms with E-state index in [4.69, 9.17) is 13.8 Å². The number of cyclic esters (lactones) is 1. The predicted molar refractivity (Wildman–Crippen MR) is 80.2 cm³/mol. The molecule has 0 radical (unpaired) electrons. The molecule has 120 valence electrons. The summed E-state index contributed by atoms with van der Waals surface area (Å²) in [6.45, 7) is 3.45. The maximum Gasteiger partial charge on any atom is 0.370 e. The van der Waals surface area contributed by atoms with Crippen molar-refractivity contribution in [3.05, 3.63) is 48.0 Å². The molecule has 0 saturated heterocycles. The molecule has 0 amide bonds. The van der Waals surface area contributed by atoms with Gasteiger partial charge in [0.25, 0.3) is 0 Å². The van der Waals surface area contributed by atoms with Gasteiger partial charge in [-0.05, 0) is 25.5 Å². The van der Waals surface area contributed by atoms with Gasteiger partial charge in [0.1, 0.15) is 0 Å². The molecule has 1 aromatic rings. The van der Waals surface area contributed by atoms with Crippen LogP contribution in [0.4, 0.5) is 0 Å². The Labute approximate surface area is 129 Å². The molecule has 0 aliphatic carbocycles. The summed E-state index contributed by atoms with van der Waals surface area (Å²) in [5.74, 6) is -0.612. The van der Waals surface area contributed by atoms with Crippen LogP contribution in [-0.4, -0.2) is 30.4 Å². The molecule has 2 rings (SSSR count). The fourth-order valence-electron chi connectivity index (χ4n) is 2.32. The normalized spacial score (nSPS) is 20.7. The van der Waals surface area contributed by atoms with Gasteiger partial charge in [0.2, 0.25) is 5.34 Å². The van der Waals surface area contributed by atoms with Gasteiger partial charge in [0.05, 0.1) is 13.2 Å². The van der Waals surface area contributed by atoms with E-state index < -0.39 is 25.0 Å². The first-order chi connectivity index (χ1) is 10.5. The van der Waals surface area contributed by atoms with E-state index in [1.165, 1.54) is 12.2 Å². The van der Waals surface area contributed by atoms with Gasteiger partial charge in [-0.1, -0.05) is 30.3 Å². The monoisotopic (exact) mass is 326 g/mol. The Hall–Kier alpha value is -1.46. The SMILES string of the molecule is CCOP(=O)(OCC)[C@@](O)(c1ccccc1)[C@H]1C=CC(=O)O1. The zero-order valence-electron chi connectivity index (χ0n) is 12.5. The van der Waals surface area contributed by atoms with Gasteiger partial charge in [-0.2, -0.15) is 0 Å². The second-order valence-electron chi connectivity index (χ2n) is 4.64. The number of hydrogen-bond acceptors (Lipinski definition) is 6. The minimum absolute atomic E-state index is 0.0802. The topological polar surface area (TPSA) is 82.1 Å². The molecule has 0 bridgehead atoms. The number of carbonyl (C=O) groups excluding carboxylic acids is 1. The zero-order chi connectivity index (χ0) is 16.2. The van der Waals surface area contributed by atoms with Crippen LogP contribution in [0, 0.1) is 0 Å². The Morgan fingerprint density at radius 3 is 2.27 bits per heavy atom. The summed E-state index contributed by atoms with van der Waals surface area (Å²) < 4.78 is 28.9. The Bertz CT molecular complexity index is 589. The number of esters is 1. The maximum absolute atomic E-state index is 13.2. The molecule has 1 aromatic carbocycles. The molecule has 0 spiro atoms. The lowest BCUT2D eigenvalue weighted by Gasteiger charge is -2.37. The van der Waals surface area contributed by atoms with Crippen LogP contribution >= 0.6 is 7.60 Å². The van der Waals surface area contributed by atoms with Gasteiger partial charge in [0.15, 0.2) is 6.10 Å². The number of carbonyl (C=O) groups is 1.